The molecule has 4 heteroatoms. The largest absolute Gasteiger partial charge is 0.504 e. The molecule has 4 nitrogen and oxygen atoms in total. The van der Waals surface area contributed by atoms with Gasteiger partial charge in [0.25, 0.3) is 0 Å². The van der Waals surface area contributed by atoms with E-state index in [2.05, 4.69) is 45.2 Å². The molecule has 166 valence electrons. The number of allylic oxidation sites excluding steroid dienone is 9. The zero-order valence-electron chi connectivity index (χ0n) is 19.6. The first kappa shape index (κ1) is 24.3. The minimum Gasteiger partial charge on any atom is -0.504 e. The van der Waals surface area contributed by atoms with E-state index in [1.807, 2.05) is 25.2 Å². The van der Waals surface area contributed by atoms with E-state index in [9.17, 15) is 9.90 Å². The molecule has 0 bridgehead atoms. The quantitative estimate of drug-likeness (QED) is 0.373. The standard InChI is InChI=1S/C27H35NO3/c1-19(12-14-23-21(3)11-8-16-27(23,4)5)9-7-10-20(2)17-26(30)28-22-13-15-25(31-6)24(29)18-22/h7,9-10,12-15,17-18,29H,8,11,16H2,1-6H3,(H,28,30)/b10-7+,14-12+,19-9+,20-17+. The number of carbonyl (C=O) groups excluding carboxylic acids is 1. The van der Waals surface area contributed by atoms with Crippen LogP contribution < -0.4 is 10.1 Å². The second-order valence-corrected chi connectivity index (χ2v) is 8.80. The van der Waals surface area contributed by atoms with Crippen molar-refractivity contribution in [1.29, 1.82) is 0 Å². The fourth-order valence-corrected chi connectivity index (χ4v) is 3.83. The lowest BCUT2D eigenvalue weighted by Gasteiger charge is -2.32. The van der Waals surface area contributed by atoms with Gasteiger partial charge in [-0.1, -0.05) is 55.4 Å². The van der Waals surface area contributed by atoms with Crippen molar-refractivity contribution in [1.82, 2.24) is 0 Å². The first-order valence-electron chi connectivity index (χ1n) is 10.7. The highest BCUT2D eigenvalue weighted by Crippen LogP contribution is 2.40. The average molecular weight is 422 g/mol. The third-order valence-electron chi connectivity index (χ3n) is 5.58. The van der Waals surface area contributed by atoms with Gasteiger partial charge >= 0.3 is 0 Å². The zero-order valence-corrected chi connectivity index (χ0v) is 19.6. The molecule has 0 spiro atoms. The highest BCUT2D eigenvalue weighted by molar-refractivity contribution is 6.00. The van der Waals surface area contributed by atoms with Crippen LogP contribution in [0.2, 0.25) is 0 Å². The molecule has 0 heterocycles. The first-order chi connectivity index (χ1) is 14.6. The summed E-state index contributed by atoms with van der Waals surface area (Å²) in [7, 11) is 1.48. The maximum Gasteiger partial charge on any atom is 0.248 e. The molecule has 0 saturated heterocycles. The summed E-state index contributed by atoms with van der Waals surface area (Å²) in [6.45, 7) is 10.8. The average Bonchev–Trinajstić information content (AvgIpc) is 2.67. The van der Waals surface area contributed by atoms with E-state index in [4.69, 9.17) is 4.74 Å². The lowest BCUT2D eigenvalue weighted by atomic mass is 9.72. The number of phenolic OH excluding ortho intramolecular Hbond substituents is 1. The molecule has 0 aliphatic heterocycles. The number of hydrogen-bond donors (Lipinski definition) is 2. The second-order valence-electron chi connectivity index (χ2n) is 8.80. The molecule has 0 unspecified atom stereocenters. The van der Waals surface area contributed by atoms with E-state index >= 15 is 0 Å². The third-order valence-corrected chi connectivity index (χ3v) is 5.58. The lowest BCUT2D eigenvalue weighted by molar-refractivity contribution is -0.111. The van der Waals surface area contributed by atoms with E-state index in [1.54, 1.807) is 12.1 Å². The summed E-state index contributed by atoms with van der Waals surface area (Å²) in [6, 6.07) is 4.74. The van der Waals surface area contributed by atoms with Gasteiger partial charge in [0.15, 0.2) is 11.5 Å². The molecule has 2 N–H and O–H groups in total. The molecule has 0 fully saturated rings. The number of benzene rings is 1. The van der Waals surface area contributed by atoms with Gasteiger partial charge in [-0.2, -0.15) is 0 Å². The van der Waals surface area contributed by atoms with Crippen molar-refractivity contribution < 1.29 is 14.6 Å². The predicted molar refractivity (Wildman–Crippen MR) is 129 cm³/mol. The number of anilines is 1. The summed E-state index contributed by atoms with van der Waals surface area (Å²) in [6.07, 6.45) is 15.5. The normalized spacial score (nSPS) is 17.5. The van der Waals surface area contributed by atoms with Crippen LogP contribution in [0.15, 0.2) is 76.9 Å². The summed E-state index contributed by atoms with van der Waals surface area (Å²) in [5.41, 5.74) is 5.67. The van der Waals surface area contributed by atoms with E-state index in [-0.39, 0.29) is 17.1 Å². The van der Waals surface area contributed by atoms with Crippen LogP contribution in [0.4, 0.5) is 5.69 Å². The van der Waals surface area contributed by atoms with Gasteiger partial charge in [0.1, 0.15) is 0 Å². The van der Waals surface area contributed by atoms with Crippen molar-refractivity contribution >= 4 is 11.6 Å². The minimum absolute atomic E-state index is 0.0165. The van der Waals surface area contributed by atoms with Crippen molar-refractivity contribution in [2.45, 2.75) is 53.9 Å². The molecule has 1 aliphatic rings. The fourth-order valence-electron chi connectivity index (χ4n) is 3.83. The number of aromatic hydroxyl groups is 1. The van der Waals surface area contributed by atoms with Gasteiger partial charge in [0.05, 0.1) is 7.11 Å². The Morgan fingerprint density at radius 1 is 1.19 bits per heavy atom. The van der Waals surface area contributed by atoms with Crippen LogP contribution in [0.3, 0.4) is 0 Å². The van der Waals surface area contributed by atoms with Gasteiger partial charge in [-0.05, 0) is 68.7 Å². The molecule has 2 rings (SSSR count). The van der Waals surface area contributed by atoms with Crippen molar-refractivity contribution in [2.24, 2.45) is 5.41 Å². The zero-order chi connectivity index (χ0) is 23.0. The maximum absolute atomic E-state index is 12.2. The molecule has 0 atom stereocenters. The van der Waals surface area contributed by atoms with E-state index in [0.29, 0.717) is 11.4 Å². The Kier molecular flexibility index (Phi) is 8.49. The Hall–Kier alpha value is -3.01. The van der Waals surface area contributed by atoms with Crippen LogP contribution in [0, 0.1) is 5.41 Å². The van der Waals surface area contributed by atoms with Gasteiger partial charge in [-0.25, -0.2) is 0 Å². The lowest BCUT2D eigenvalue weighted by Crippen LogP contribution is -2.19. The molecular weight excluding hydrogens is 386 g/mol. The highest BCUT2D eigenvalue weighted by Gasteiger charge is 2.26. The van der Waals surface area contributed by atoms with Gasteiger partial charge in [0.2, 0.25) is 5.91 Å². The van der Waals surface area contributed by atoms with E-state index < -0.39 is 0 Å². The van der Waals surface area contributed by atoms with Gasteiger partial charge in [-0.15, -0.1) is 0 Å². The molecule has 0 radical (unpaired) electrons. The number of ether oxygens (including phenoxy) is 1. The highest BCUT2D eigenvalue weighted by atomic mass is 16.5. The Morgan fingerprint density at radius 3 is 2.58 bits per heavy atom. The Labute approximate surface area is 186 Å². The summed E-state index contributed by atoms with van der Waals surface area (Å²) in [4.78, 5) is 12.2. The molecule has 1 aromatic carbocycles. The first-order valence-corrected chi connectivity index (χ1v) is 10.7. The summed E-state index contributed by atoms with van der Waals surface area (Å²) >= 11 is 0. The maximum atomic E-state index is 12.2. The Morgan fingerprint density at radius 2 is 1.94 bits per heavy atom. The van der Waals surface area contributed by atoms with Crippen LogP contribution in [0.25, 0.3) is 0 Å². The monoisotopic (exact) mass is 421 g/mol. The van der Waals surface area contributed by atoms with Crippen LogP contribution in [-0.4, -0.2) is 18.1 Å². The molecule has 1 aromatic rings. The van der Waals surface area contributed by atoms with Crippen LogP contribution in [0.5, 0.6) is 11.5 Å². The van der Waals surface area contributed by atoms with Crippen LogP contribution in [0.1, 0.15) is 53.9 Å². The predicted octanol–water partition coefficient (Wildman–Crippen LogP) is 6.87. The fraction of sp³-hybridized carbons (Fsp3) is 0.370. The van der Waals surface area contributed by atoms with Crippen molar-refractivity contribution in [3.63, 3.8) is 0 Å². The number of carbonyl (C=O) groups is 1. The van der Waals surface area contributed by atoms with Crippen LogP contribution in [-0.2, 0) is 4.79 Å². The molecule has 0 aromatic heterocycles. The smallest absolute Gasteiger partial charge is 0.248 e. The number of rotatable bonds is 7. The van der Waals surface area contributed by atoms with Crippen LogP contribution >= 0.6 is 0 Å². The van der Waals surface area contributed by atoms with Gasteiger partial charge < -0.3 is 15.2 Å². The summed E-state index contributed by atoms with van der Waals surface area (Å²) in [5.74, 6) is 0.0914. The third kappa shape index (κ3) is 7.32. The summed E-state index contributed by atoms with van der Waals surface area (Å²) < 4.78 is 5.00. The number of methoxy groups -OCH3 is 1. The molecule has 31 heavy (non-hydrogen) atoms. The van der Waals surface area contributed by atoms with E-state index in [0.717, 1.165) is 11.1 Å². The van der Waals surface area contributed by atoms with Gasteiger partial charge in [0, 0.05) is 17.8 Å². The van der Waals surface area contributed by atoms with Gasteiger partial charge in [-0.3, -0.25) is 4.79 Å². The summed E-state index contributed by atoms with van der Waals surface area (Å²) in [5, 5.41) is 12.5. The molecular formula is C27H35NO3. The Balaban J connectivity index is 1.97. The number of phenols is 1. The van der Waals surface area contributed by atoms with E-state index in [1.165, 1.54) is 49.7 Å². The molecule has 1 amide bonds. The minimum atomic E-state index is -0.255. The number of hydrogen-bond acceptors (Lipinski definition) is 3. The topological polar surface area (TPSA) is 58.6 Å². The second kappa shape index (κ2) is 10.9. The number of amides is 1. The molecule has 0 saturated carbocycles. The SMILES string of the molecule is COc1ccc(NC(=O)/C=C(C)/C=C/C=C(C)/C=C/C2=C(C)CCCC2(C)C)cc1O. The number of nitrogens with one attached hydrogen (secondary N) is 1. The Bertz CT molecular complexity index is 959. The van der Waals surface area contributed by atoms with Crippen molar-refractivity contribution in [2.75, 3.05) is 12.4 Å². The van der Waals surface area contributed by atoms with Crippen molar-refractivity contribution in [3.8, 4) is 11.5 Å². The molecule has 1 aliphatic carbocycles. The van der Waals surface area contributed by atoms with Crippen molar-refractivity contribution in [3.05, 3.63) is 76.9 Å².